The molecular formula is C25H27ClN2O2S. The number of carbonyl (C=O) groups is 1. The Kier molecular flexibility index (Phi) is 8.41. The summed E-state index contributed by atoms with van der Waals surface area (Å²) >= 11 is 7.58. The summed E-state index contributed by atoms with van der Waals surface area (Å²) in [4.78, 5) is 16.6. The van der Waals surface area contributed by atoms with Crippen LogP contribution in [0.25, 0.3) is 0 Å². The molecule has 0 atom stereocenters. The van der Waals surface area contributed by atoms with Crippen LogP contribution in [0, 0.1) is 13.8 Å². The Morgan fingerprint density at radius 1 is 0.968 bits per heavy atom. The molecule has 1 N–H and O–H groups in total. The summed E-state index contributed by atoms with van der Waals surface area (Å²) in [6.45, 7) is 5.67. The van der Waals surface area contributed by atoms with Crippen LogP contribution >= 0.6 is 23.4 Å². The molecule has 6 heteroatoms. The highest BCUT2D eigenvalue weighted by atomic mass is 35.5. The van der Waals surface area contributed by atoms with Gasteiger partial charge in [-0.1, -0.05) is 29.4 Å². The molecule has 3 aromatic rings. The first-order chi connectivity index (χ1) is 14.9. The van der Waals surface area contributed by atoms with Crippen molar-refractivity contribution in [2.24, 2.45) is 0 Å². The standard InChI is InChI=1S/C25H27ClN2O2S/c1-18-4-11-24(16-19(18)2)31-23-12-7-21(8-13-23)27-25(29)17-28(3)14-15-30-22-9-5-20(26)6-10-22/h4-13,16H,14-15,17H2,1-3H3,(H,27,29). The quantitative estimate of drug-likeness (QED) is 0.426. The van der Waals surface area contributed by atoms with E-state index in [2.05, 4.69) is 37.4 Å². The predicted octanol–water partition coefficient (Wildman–Crippen LogP) is 6.06. The first kappa shape index (κ1) is 23.2. The van der Waals surface area contributed by atoms with Crippen molar-refractivity contribution < 1.29 is 9.53 Å². The number of benzene rings is 3. The van der Waals surface area contributed by atoms with Crippen LogP contribution in [0.4, 0.5) is 5.69 Å². The second-order valence-electron chi connectivity index (χ2n) is 7.46. The fourth-order valence-corrected chi connectivity index (χ4v) is 3.94. The smallest absolute Gasteiger partial charge is 0.238 e. The number of rotatable bonds is 9. The molecule has 3 rings (SSSR count). The third kappa shape index (κ3) is 7.62. The Labute approximate surface area is 193 Å². The van der Waals surface area contributed by atoms with Gasteiger partial charge in [-0.15, -0.1) is 0 Å². The maximum absolute atomic E-state index is 12.3. The molecule has 0 saturated carbocycles. The second kappa shape index (κ2) is 11.2. The van der Waals surface area contributed by atoms with E-state index in [9.17, 15) is 4.79 Å². The summed E-state index contributed by atoms with van der Waals surface area (Å²) in [5.41, 5.74) is 3.38. The molecule has 1 amide bonds. The highest BCUT2D eigenvalue weighted by Gasteiger charge is 2.08. The van der Waals surface area contributed by atoms with E-state index >= 15 is 0 Å². The van der Waals surface area contributed by atoms with E-state index in [0.29, 0.717) is 24.7 Å². The third-order valence-electron chi connectivity index (χ3n) is 4.82. The zero-order valence-corrected chi connectivity index (χ0v) is 19.6. The van der Waals surface area contributed by atoms with Crippen molar-refractivity contribution >= 4 is 35.0 Å². The Morgan fingerprint density at radius 3 is 2.32 bits per heavy atom. The minimum Gasteiger partial charge on any atom is -0.492 e. The van der Waals surface area contributed by atoms with Crippen LogP contribution in [0.3, 0.4) is 0 Å². The van der Waals surface area contributed by atoms with Crippen LogP contribution in [0.15, 0.2) is 76.5 Å². The molecular weight excluding hydrogens is 428 g/mol. The Balaban J connectivity index is 1.42. The normalized spacial score (nSPS) is 10.9. The van der Waals surface area contributed by atoms with Gasteiger partial charge < -0.3 is 10.1 Å². The van der Waals surface area contributed by atoms with Crippen molar-refractivity contribution in [3.05, 3.63) is 82.9 Å². The summed E-state index contributed by atoms with van der Waals surface area (Å²) in [7, 11) is 1.90. The van der Waals surface area contributed by atoms with E-state index in [0.717, 1.165) is 16.3 Å². The number of amides is 1. The number of hydrogen-bond acceptors (Lipinski definition) is 4. The van der Waals surface area contributed by atoms with Gasteiger partial charge in [0.25, 0.3) is 0 Å². The number of halogens is 1. The number of carbonyl (C=O) groups excluding carboxylic acids is 1. The number of aryl methyl sites for hydroxylation is 2. The molecule has 0 fully saturated rings. The van der Waals surface area contributed by atoms with Crippen molar-refractivity contribution in [2.45, 2.75) is 23.6 Å². The zero-order valence-electron chi connectivity index (χ0n) is 18.0. The summed E-state index contributed by atoms with van der Waals surface area (Å²) < 4.78 is 5.67. The van der Waals surface area contributed by atoms with Gasteiger partial charge in [-0.3, -0.25) is 9.69 Å². The molecule has 162 valence electrons. The van der Waals surface area contributed by atoms with E-state index in [-0.39, 0.29) is 5.91 Å². The van der Waals surface area contributed by atoms with Gasteiger partial charge in [0.1, 0.15) is 12.4 Å². The number of hydrogen-bond donors (Lipinski definition) is 1. The highest BCUT2D eigenvalue weighted by molar-refractivity contribution is 7.99. The Hall–Kier alpha value is -2.47. The fraction of sp³-hybridized carbons (Fsp3) is 0.240. The van der Waals surface area contributed by atoms with Crippen LogP contribution in [0.5, 0.6) is 5.75 Å². The first-order valence-electron chi connectivity index (χ1n) is 10.1. The topological polar surface area (TPSA) is 41.6 Å². The van der Waals surface area contributed by atoms with Crippen LogP contribution in [-0.2, 0) is 4.79 Å². The van der Waals surface area contributed by atoms with Gasteiger partial charge in [0, 0.05) is 27.0 Å². The summed E-state index contributed by atoms with van der Waals surface area (Å²) in [5.74, 6) is 0.713. The van der Waals surface area contributed by atoms with E-state index in [1.54, 1.807) is 23.9 Å². The number of likely N-dealkylation sites (N-methyl/N-ethyl adjacent to an activating group) is 1. The van der Waals surface area contributed by atoms with Gasteiger partial charge in [-0.25, -0.2) is 0 Å². The van der Waals surface area contributed by atoms with E-state index < -0.39 is 0 Å². The molecule has 31 heavy (non-hydrogen) atoms. The zero-order chi connectivity index (χ0) is 22.2. The average molecular weight is 455 g/mol. The fourth-order valence-electron chi connectivity index (χ4n) is 2.89. The molecule has 4 nitrogen and oxygen atoms in total. The largest absolute Gasteiger partial charge is 0.492 e. The lowest BCUT2D eigenvalue weighted by Gasteiger charge is -2.17. The molecule has 0 radical (unpaired) electrons. The van der Waals surface area contributed by atoms with Crippen LogP contribution in [-0.4, -0.2) is 37.6 Å². The molecule has 0 saturated heterocycles. The number of nitrogens with one attached hydrogen (secondary N) is 1. The summed E-state index contributed by atoms with van der Waals surface area (Å²) in [6, 6.07) is 21.6. The van der Waals surface area contributed by atoms with Crippen molar-refractivity contribution in [1.82, 2.24) is 4.90 Å². The number of ether oxygens (including phenoxy) is 1. The Morgan fingerprint density at radius 2 is 1.65 bits per heavy atom. The number of anilines is 1. The lowest BCUT2D eigenvalue weighted by molar-refractivity contribution is -0.117. The van der Waals surface area contributed by atoms with E-state index in [1.165, 1.54) is 16.0 Å². The molecule has 0 spiro atoms. The molecule has 0 aromatic heterocycles. The average Bonchev–Trinajstić information content (AvgIpc) is 2.73. The van der Waals surface area contributed by atoms with Gasteiger partial charge in [0.2, 0.25) is 5.91 Å². The first-order valence-corrected chi connectivity index (χ1v) is 11.3. The Bertz CT molecular complexity index is 1010. The third-order valence-corrected chi connectivity index (χ3v) is 6.07. The van der Waals surface area contributed by atoms with Crippen LogP contribution in [0.1, 0.15) is 11.1 Å². The minimum absolute atomic E-state index is 0.0523. The van der Waals surface area contributed by atoms with E-state index in [1.807, 2.05) is 48.3 Å². The maximum Gasteiger partial charge on any atom is 0.238 e. The maximum atomic E-state index is 12.3. The molecule has 0 unspecified atom stereocenters. The second-order valence-corrected chi connectivity index (χ2v) is 9.04. The van der Waals surface area contributed by atoms with Gasteiger partial charge >= 0.3 is 0 Å². The van der Waals surface area contributed by atoms with Gasteiger partial charge in [-0.05, 0) is 92.7 Å². The molecule has 0 heterocycles. The lowest BCUT2D eigenvalue weighted by atomic mass is 10.1. The predicted molar refractivity (Wildman–Crippen MR) is 130 cm³/mol. The molecule has 0 aliphatic carbocycles. The number of nitrogens with zero attached hydrogens (tertiary/aromatic N) is 1. The summed E-state index contributed by atoms with van der Waals surface area (Å²) in [6.07, 6.45) is 0. The van der Waals surface area contributed by atoms with Crippen LogP contribution in [0.2, 0.25) is 5.02 Å². The van der Waals surface area contributed by atoms with E-state index in [4.69, 9.17) is 16.3 Å². The molecule has 3 aromatic carbocycles. The highest BCUT2D eigenvalue weighted by Crippen LogP contribution is 2.29. The molecule has 0 aliphatic rings. The van der Waals surface area contributed by atoms with Gasteiger partial charge in [-0.2, -0.15) is 0 Å². The molecule has 0 aliphatic heterocycles. The minimum atomic E-state index is -0.0523. The summed E-state index contributed by atoms with van der Waals surface area (Å²) in [5, 5.41) is 3.63. The SMILES string of the molecule is Cc1ccc(Sc2ccc(NC(=O)CN(C)CCOc3ccc(Cl)cc3)cc2)cc1C. The molecule has 0 bridgehead atoms. The van der Waals surface area contributed by atoms with Crippen molar-refractivity contribution in [3.63, 3.8) is 0 Å². The lowest BCUT2D eigenvalue weighted by Crippen LogP contribution is -2.33. The van der Waals surface area contributed by atoms with Crippen molar-refractivity contribution in [1.29, 1.82) is 0 Å². The van der Waals surface area contributed by atoms with Crippen molar-refractivity contribution in [3.8, 4) is 5.75 Å². The van der Waals surface area contributed by atoms with Gasteiger partial charge in [0.15, 0.2) is 0 Å². The van der Waals surface area contributed by atoms with Crippen LogP contribution < -0.4 is 10.1 Å². The van der Waals surface area contributed by atoms with Gasteiger partial charge in [0.05, 0.1) is 6.54 Å². The monoisotopic (exact) mass is 454 g/mol. The van der Waals surface area contributed by atoms with Crippen molar-refractivity contribution in [2.75, 3.05) is 32.1 Å².